The van der Waals surface area contributed by atoms with Crippen LogP contribution in [0.25, 0.3) is 11.1 Å². The summed E-state index contributed by atoms with van der Waals surface area (Å²) in [7, 11) is 1.25. The molecule has 0 aromatic heterocycles. The molecule has 0 radical (unpaired) electrons. The van der Waals surface area contributed by atoms with Crippen molar-refractivity contribution in [2.24, 2.45) is 35.5 Å². The second-order valence-corrected chi connectivity index (χ2v) is 31.6. The number of nitriles is 1. The first-order chi connectivity index (χ1) is 60.9. The van der Waals surface area contributed by atoms with Gasteiger partial charge in [-0.1, -0.05) is 179 Å². The maximum Gasteiger partial charge on any atom is 0.343 e. The summed E-state index contributed by atoms with van der Waals surface area (Å²) in [5, 5.41) is 8.77. The van der Waals surface area contributed by atoms with Crippen LogP contribution in [-0.2, 0) is 52.4 Å². The number of aryl methyl sites for hydroxylation is 3. The van der Waals surface area contributed by atoms with E-state index in [2.05, 4.69) is 45.9 Å². The maximum atomic E-state index is 13.5. The van der Waals surface area contributed by atoms with E-state index in [0.29, 0.717) is 86.3 Å². The second-order valence-electron chi connectivity index (χ2n) is 31.6. The minimum Gasteiger partial charge on any atom is -0.462 e. The van der Waals surface area contributed by atoms with Crippen LogP contribution in [0.3, 0.4) is 0 Å². The van der Waals surface area contributed by atoms with Gasteiger partial charge in [-0.3, -0.25) is 0 Å². The zero-order valence-electron chi connectivity index (χ0n) is 73.7. The van der Waals surface area contributed by atoms with Crippen molar-refractivity contribution in [2.45, 2.75) is 269 Å². The van der Waals surface area contributed by atoms with Crippen LogP contribution in [0, 0.1) is 79.2 Å². The van der Waals surface area contributed by atoms with Gasteiger partial charge in [-0.2, -0.15) is 5.26 Å². The molecule has 7 aromatic carbocycles. The number of rotatable bonds is 29. The van der Waals surface area contributed by atoms with E-state index < -0.39 is 47.5 Å². The minimum absolute atomic E-state index is 0. The Bertz CT molecular complexity index is 4790. The SMILES string of the molecule is C.C.C.C.C.C.C.C.C.C.C=CC(=O)OCC1CCC(C2CCC(c3ccc(F)c(F)c3)CC2)CC1.C=CC(=O)OCOc1ccc(-c2ccc(C#N)cc2)cc1.C=CC(=O)OCOc1ccc(C(=O)OC2CCC(C3CCC(C)CC3)CC2)c(C)c1.C=CC(=O)OCOc1ccc(C(=O)Oc2ccc(OC(=O)c3ccc(OCOC(=O)C=C)cc3C)c3c2C2CCC3C2)c(C)c1.CC.[2H]C. The van der Waals surface area contributed by atoms with Crippen molar-refractivity contribution >= 4 is 47.8 Å². The molecule has 0 aliphatic heterocycles. The number of benzene rings is 7. The van der Waals surface area contributed by atoms with Crippen LogP contribution < -0.4 is 28.4 Å². The lowest BCUT2D eigenvalue weighted by Crippen LogP contribution is -2.29. The number of hydrogen-bond donors (Lipinski definition) is 0. The molecule has 23 heteroatoms. The van der Waals surface area contributed by atoms with Crippen molar-refractivity contribution in [1.29, 1.82) is 5.26 Å². The van der Waals surface area contributed by atoms with Gasteiger partial charge in [-0.15, -0.1) is 0 Å². The number of halogens is 2. The number of esters is 8. The molecule has 7 aromatic rings. The molecule has 5 fully saturated rings. The molecular formula is C112H157F2NO20. The number of carbonyl (C=O) groups is 8. The number of nitrogens with zero attached hydrogens (tertiary/aromatic N) is 1. The van der Waals surface area contributed by atoms with Crippen LogP contribution in [0.2, 0.25) is 0 Å². The Hall–Kier alpha value is -12.5. The lowest BCUT2D eigenvalue weighted by Gasteiger charge is -2.37. The Labute approximate surface area is 808 Å². The van der Waals surface area contributed by atoms with E-state index >= 15 is 0 Å². The van der Waals surface area contributed by atoms with Crippen molar-refractivity contribution in [2.75, 3.05) is 33.8 Å². The molecule has 6 aliphatic rings. The van der Waals surface area contributed by atoms with Crippen LogP contribution in [0.4, 0.5) is 8.78 Å². The molecule has 5 saturated carbocycles. The Morgan fingerprint density at radius 3 is 1.07 bits per heavy atom. The number of fused-ring (bicyclic) bond motifs is 5. The van der Waals surface area contributed by atoms with Crippen LogP contribution >= 0.6 is 0 Å². The highest BCUT2D eigenvalue weighted by atomic mass is 19.2. The molecule has 6 aliphatic carbocycles. The topological polar surface area (TPSA) is 271 Å². The zero-order valence-corrected chi connectivity index (χ0v) is 72.7. The fourth-order valence-electron chi connectivity index (χ4n) is 17.1. The molecule has 2 unspecified atom stereocenters. The molecule has 0 spiro atoms. The van der Waals surface area contributed by atoms with Gasteiger partial charge >= 0.3 is 47.8 Å². The van der Waals surface area contributed by atoms with Crippen LogP contribution in [-0.4, -0.2) is 87.6 Å². The van der Waals surface area contributed by atoms with Crippen molar-refractivity contribution in [1.82, 2.24) is 0 Å². The standard InChI is InChI=1S/C35H32O10.C25H34O5.C22H28F2O2.C17H13NO3.C2H6.11CH4/c1-5-30(36)42-18-40-24-9-11-26(20(3)15-24)34(38)44-28-13-14-29(33-23-8-7-22(17-23)32(28)33)45-35(39)27-12-10-25(16-21(27)4)41-19-43-31(37)6-2;1-4-24(26)29-16-28-22-13-14-23(18(3)15-22)25(27)30-21-11-9-20(10-12-21)19-7-5-17(2)6-8-19;1-2-22(25)26-14-15-3-5-16(6-4-15)17-7-9-18(10-8-17)19-11-12-20(23)21(24)13-19;1-2-17(19)21-12-20-16-9-7-15(8-10-16)14-5-3-13(11-18)4-6-14;1-2;;;;;;;;;;;/h5-6,9-16,22-23H,1-2,7-8,17-19H2,3-4H3;4,13-15,17,19-21H,1,5-12,16H2,2-3H3;2,11-13,15-18H,1,3-10,14H2;2-10H,1,12H2;1-2H3;11*1H4/i;;;;;1D;;;;;;;;;;. The van der Waals surface area contributed by atoms with Crippen molar-refractivity contribution in [3.63, 3.8) is 0 Å². The summed E-state index contributed by atoms with van der Waals surface area (Å²) < 4.78 is 95.8. The normalized spacial score (nSPS) is 18.3. The maximum absolute atomic E-state index is 13.5. The average molecular weight is 1880 g/mol. The first-order valence-electron chi connectivity index (χ1n) is 43.6. The Kier molecular flexibility index (Phi) is 59.5. The van der Waals surface area contributed by atoms with E-state index in [1.54, 1.807) is 111 Å². The van der Waals surface area contributed by atoms with Crippen molar-refractivity contribution < 1.29 is 105 Å². The summed E-state index contributed by atoms with van der Waals surface area (Å²) in [6.07, 6.45) is 27.2. The molecule has 0 amide bonds. The molecule has 2 atom stereocenters. The molecule has 21 nitrogen and oxygen atoms in total. The third kappa shape index (κ3) is 37.7. The van der Waals surface area contributed by atoms with Crippen LogP contribution in [0.1, 0.15) is 314 Å². The number of carbonyl (C=O) groups excluding carboxylic acids is 8. The van der Waals surface area contributed by atoms with Gasteiger partial charge in [0.05, 0.1) is 34.9 Å². The summed E-state index contributed by atoms with van der Waals surface area (Å²) in [5.74, 6) is 2.78. The largest absolute Gasteiger partial charge is 0.462 e. The monoisotopic (exact) mass is 1880 g/mol. The molecule has 744 valence electrons. The fourth-order valence-corrected chi connectivity index (χ4v) is 17.1. The summed E-state index contributed by atoms with van der Waals surface area (Å²) >= 11 is 0. The second kappa shape index (κ2) is 64.5. The highest BCUT2D eigenvalue weighted by molar-refractivity contribution is 5.95. The molecular weight excluding hydrogens is 1720 g/mol. The number of ether oxygens (including phenoxy) is 12. The molecule has 0 saturated heterocycles. The van der Waals surface area contributed by atoms with Crippen LogP contribution in [0.15, 0.2) is 197 Å². The van der Waals surface area contributed by atoms with Gasteiger partial charge in [0.15, 0.2) is 11.6 Å². The highest BCUT2D eigenvalue weighted by Crippen LogP contribution is 2.59. The molecule has 13 rings (SSSR count). The predicted molar refractivity (Wildman–Crippen MR) is 538 cm³/mol. The lowest BCUT2D eigenvalue weighted by atomic mass is 9.68. The highest BCUT2D eigenvalue weighted by Gasteiger charge is 2.43. The summed E-state index contributed by atoms with van der Waals surface area (Å²) in [6, 6.07) is 39.3. The average Bonchev–Trinajstić information content (AvgIpc) is 1.59. The summed E-state index contributed by atoms with van der Waals surface area (Å²) in [6.45, 7) is 28.0. The minimum atomic E-state index is -0.766. The van der Waals surface area contributed by atoms with E-state index in [4.69, 9.17) is 63.5 Å². The molecule has 0 N–H and O–H groups in total. The van der Waals surface area contributed by atoms with Gasteiger partial charge in [0.25, 0.3) is 0 Å². The quantitative estimate of drug-likeness (QED) is 0.0138. The van der Waals surface area contributed by atoms with Gasteiger partial charge in [0.1, 0.15) is 40.6 Å². The van der Waals surface area contributed by atoms with Crippen LogP contribution in [0.5, 0.6) is 34.5 Å². The summed E-state index contributed by atoms with van der Waals surface area (Å²) in [4.78, 5) is 94.6. The van der Waals surface area contributed by atoms with Crippen molar-refractivity contribution in [3.05, 3.63) is 264 Å². The Morgan fingerprint density at radius 1 is 0.385 bits per heavy atom. The van der Waals surface area contributed by atoms with E-state index in [0.717, 1.165) is 145 Å². The van der Waals surface area contributed by atoms with E-state index in [1.165, 1.54) is 89.8 Å². The van der Waals surface area contributed by atoms with Gasteiger partial charge < -0.3 is 56.8 Å². The Balaban J connectivity index is -0.00000173. The third-order valence-electron chi connectivity index (χ3n) is 23.8. The van der Waals surface area contributed by atoms with E-state index in [1.807, 2.05) is 45.0 Å². The van der Waals surface area contributed by atoms with Gasteiger partial charge in [0.2, 0.25) is 27.2 Å². The van der Waals surface area contributed by atoms with Gasteiger partial charge in [-0.05, 0) is 320 Å². The Morgan fingerprint density at radius 2 is 0.711 bits per heavy atom. The first kappa shape index (κ1) is 125. The smallest absolute Gasteiger partial charge is 0.343 e. The number of hydrogen-bond acceptors (Lipinski definition) is 21. The third-order valence-corrected chi connectivity index (χ3v) is 23.8. The molecule has 2 bridgehead atoms. The molecule has 0 heterocycles. The lowest BCUT2D eigenvalue weighted by molar-refractivity contribution is -0.145. The predicted octanol–water partition coefficient (Wildman–Crippen LogP) is 28.9. The fraction of sp³-hybridized carbons (Fsp3) is 0.455. The van der Waals surface area contributed by atoms with Crippen molar-refractivity contribution in [3.8, 4) is 51.7 Å². The van der Waals surface area contributed by atoms with E-state index in [-0.39, 0.29) is 131 Å². The zero-order chi connectivity index (χ0) is 91.2. The molecule has 135 heavy (non-hydrogen) atoms. The van der Waals surface area contributed by atoms with Gasteiger partial charge in [-0.25, -0.2) is 47.1 Å². The summed E-state index contributed by atoms with van der Waals surface area (Å²) in [5.41, 5.74) is 8.70. The van der Waals surface area contributed by atoms with E-state index in [9.17, 15) is 47.1 Å². The van der Waals surface area contributed by atoms with Gasteiger partial charge in [0, 0.05) is 42.9 Å². The first-order valence-corrected chi connectivity index (χ1v) is 42.6.